The van der Waals surface area contributed by atoms with Crippen molar-refractivity contribution in [3.8, 4) is 0 Å². The van der Waals surface area contributed by atoms with Gasteiger partial charge in [-0.25, -0.2) is 19.0 Å². The van der Waals surface area contributed by atoms with Gasteiger partial charge in [-0.2, -0.15) is 13.2 Å². The smallest absolute Gasteiger partial charge is 0.475 e. The molecule has 5 N–H and O–H groups in total. The summed E-state index contributed by atoms with van der Waals surface area (Å²) in [5.41, 5.74) is 6.38. The summed E-state index contributed by atoms with van der Waals surface area (Å²) < 4.78 is 63.4. The van der Waals surface area contributed by atoms with E-state index in [1.54, 1.807) is 58.0 Å². The van der Waals surface area contributed by atoms with Gasteiger partial charge in [0.2, 0.25) is 5.91 Å². The highest BCUT2D eigenvalue weighted by molar-refractivity contribution is 8.76. The molecule has 1 saturated heterocycles. The van der Waals surface area contributed by atoms with E-state index in [-0.39, 0.29) is 86.3 Å². The van der Waals surface area contributed by atoms with Gasteiger partial charge in [0, 0.05) is 69.0 Å². The number of nitrogens with zero attached hydrogens (tertiary/aromatic N) is 3. The number of alkyl halides is 3. The lowest BCUT2D eigenvalue weighted by Gasteiger charge is -2.37. The Balaban J connectivity index is 0.00000284. The largest absolute Gasteiger partial charge is 0.490 e. The van der Waals surface area contributed by atoms with Crippen LogP contribution >= 0.6 is 32.9 Å². The third kappa shape index (κ3) is 31.5. The molecule has 1 aliphatic rings. The quantitative estimate of drug-likeness (QED) is 0.0215. The number of thiazole rings is 1. The van der Waals surface area contributed by atoms with Crippen LogP contribution in [0.25, 0.3) is 0 Å². The molecule has 23 heteroatoms. The van der Waals surface area contributed by atoms with Crippen molar-refractivity contribution in [1.29, 1.82) is 0 Å². The zero-order valence-corrected chi connectivity index (χ0v) is 52.6. The average molecular weight is 1220 g/mol. The van der Waals surface area contributed by atoms with Gasteiger partial charge in [0.25, 0.3) is 5.91 Å². The number of aromatic nitrogens is 1. The first-order valence-electron chi connectivity index (χ1n) is 29.5. The molecule has 1 aromatic heterocycles. The lowest BCUT2D eigenvalue weighted by atomic mass is 9.83. The maximum Gasteiger partial charge on any atom is 0.490 e. The number of likely N-dealkylation sites (N-methyl/N-ethyl adjacent to an activating group) is 1. The molecule has 1 aliphatic heterocycles. The van der Waals surface area contributed by atoms with E-state index in [0.717, 1.165) is 74.3 Å². The summed E-state index contributed by atoms with van der Waals surface area (Å²) in [4.78, 5) is 97.7. The van der Waals surface area contributed by atoms with Crippen LogP contribution in [0.15, 0.2) is 29.6 Å². The van der Waals surface area contributed by atoms with Crippen LogP contribution < -0.4 is 16.4 Å². The monoisotopic (exact) mass is 1220 g/mol. The van der Waals surface area contributed by atoms with Crippen LogP contribution in [0.5, 0.6) is 0 Å². The minimum Gasteiger partial charge on any atom is -0.475 e. The number of nitrogens with one attached hydrogen (secondary N) is 2. The van der Waals surface area contributed by atoms with E-state index >= 15 is 0 Å². The van der Waals surface area contributed by atoms with E-state index in [9.17, 15) is 46.3 Å². The lowest BCUT2D eigenvalue weighted by molar-refractivity contribution is -0.192. The number of hydrogen-bond acceptors (Lipinski definition) is 15. The number of Topliss-reactive ketones (excluding diaryl/α,β-unsaturated/α-hetero) is 2. The van der Waals surface area contributed by atoms with Crippen LogP contribution in [0.2, 0.25) is 0 Å². The summed E-state index contributed by atoms with van der Waals surface area (Å²) in [7, 11) is 7.17. The number of unbranched alkanes of at least 4 members (excludes halogenated alkanes) is 8. The van der Waals surface area contributed by atoms with E-state index < -0.39 is 66.0 Å². The third-order valence-corrected chi connectivity index (χ3v) is 17.5. The summed E-state index contributed by atoms with van der Waals surface area (Å²) in [6.07, 6.45) is 9.04. The number of carbonyl (C=O) groups excluding carboxylic acids is 6. The number of aliphatic carboxylic acids is 1. The number of carboxylic acid groups (broad SMARTS) is 1. The van der Waals surface area contributed by atoms with Crippen LogP contribution in [0.4, 0.5) is 22.4 Å². The number of alkyl carbamates (subject to hydrolysis) is 1. The van der Waals surface area contributed by atoms with Crippen LogP contribution in [-0.2, 0) is 39.9 Å². The van der Waals surface area contributed by atoms with Crippen molar-refractivity contribution in [3.63, 3.8) is 0 Å². The first-order valence-corrected chi connectivity index (χ1v) is 32.3. The predicted octanol–water partition coefficient (Wildman–Crippen LogP) is 12.4. The fraction of sp³-hybridized carbons (Fsp3) is 0.729. The molecule has 82 heavy (non-hydrogen) atoms. The summed E-state index contributed by atoms with van der Waals surface area (Å²) in [6.45, 7) is 16.4. The van der Waals surface area contributed by atoms with Gasteiger partial charge in [-0.1, -0.05) is 146 Å². The summed E-state index contributed by atoms with van der Waals surface area (Å²) in [5, 5.41) is 14.7. The van der Waals surface area contributed by atoms with E-state index in [2.05, 4.69) is 20.5 Å². The fourth-order valence-corrected chi connectivity index (χ4v) is 12.1. The number of piperidine rings is 1. The number of carboxylic acids is 1. The highest BCUT2D eigenvalue weighted by atomic mass is 33.1. The molecule has 0 saturated carbocycles. The zero-order valence-electron chi connectivity index (χ0n) is 51.1. The van der Waals surface area contributed by atoms with Gasteiger partial charge in [0.15, 0.2) is 17.7 Å². The Morgan fingerprint density at radius 3 is 2.06 bits per heavy atom. The van der Waals surface area contributed by atoms with Crippen molar-refractivity contribution in [2.24, 2.45) is 29.4 Å². The van der Waals surface area contributed by atoms with Gasteiger partial charge < -0.3 is 35.8 Å². The molecule has 7 atom stereocenters. The second-order valence-corrected chi connectivity index (χ2v) is 25.0. The first kappa shape index (κ1) is 73.8. The third-order valence-electron chi connectivity index (χ3n) is 14.1. The molecule has 3 rings (SSSR count). The van der Waals surface area contributed by atoms with E-state index in [1.165, 1.54) is 64.0 Å². The average Bonchev–Trinajstić information content (AvgIpc) is 4.11. The molecule has 2 unspecified atom stereocenters. The summed E-state index contributed by atoms with van der Waals surface area (Å²) in [5.74, 6) is -3.99. The number of likely N-dealkylation sites (tertiary alicyclic amines) is 1. The number of hydrogen-bond donors (Lipinski definition) is 4. The Morgan fingerprint density at radius 2 is 1.51 bits per heavy atom. The van der Waals surface area contributed by atoms with Crippen LogP contribution in [0.1, 0.15) is 193 Å². The summed E-state index contributed by atoms with van der Waals surface area (Å²) >= 11 is 1.16. The topological polar surface area (TPSA) is 228 Å². The highest BCUT2D eigenvalue weighted by Crippen LogP contribution is 2.33. The number of halogens is 4. The molecule has 3 amide bonds. The molecule has 0 bridgehead atoms. The molecule has 2 heterocycles. The van der Waals surface area contributed by atoms with Crippen molar-refractivity contribution in [1.82, 2.24) is 25.4 Å². The van der Waals surface area contributed by atoms with Crippen molar-refractivity contribution in [2.75, 3.05) is 51.8 Å². The molecule has 1 fully saturated rings. The number of rotatable bonds is 36. The normalized spacial score (nSPS) is 15.9. The molecule has 0 spiro atoms. The molecule has 2 aromatic rings. The Morgan fingerprint density at radius 1 is 0.927 bits per heavy atom. The van der Waals surface area contributed by atoms with E-state index in [1.807, 2.05) is 48.6 Å². The van der Waals surface area contributed by atoms with Gasteiger partial charge in [-0.3, -0.25) is 28.9 Å². The van der Waals surface area contributed by atoms with Crippen molar-refractivity contribution >= 4 is 74.3 Å². The van der Waals surface area contributed by atoms with Gasteiger partial charge in [0.05, 0.1) is 12.6 Å². The predicted molar refractivity (Wildman–Crippen MR) is 320 cm³/mol. The number of benzene rings is 1. The molecule has 16 nitrogen and oxygen atoms in total. The van der Waals surface area contributed by atoms with Gasteiger partial charge in [-0.05, 0) is 88.2 Å². The van der Waals surface area contributed by atoms with E-state index in [0.29, 0.717) is 10.8 Å². The molecule has 0 aliphatic carbocycles. The lowest BCUT2D eigenvalue weighted by Crippen LogP contribution is -2.48. The van der Waals surface area contributed by atoms with Crippen molar-refractivity contribution < 1.29 is 67.1 Å². The SMILES string of the molecule is CC[C@H](C)C(CC(=O)C1CCCCN1C)C(=O)N(C)[C@H](C[C@@H](OC(C)=O)c1nc(C(=O)N[C@@H](Cc2ccc(F)cc2)C[C@H](C)C(=O)CNC(=O)OCCSSCCCCCCCCCCCN)cs1)C(C)C.O=C(O)C(F)(F)F.[3H]C(C)C. The fourth-order valence-electron chi connectivity index (χ4n) is 9.24. The Bertz CT molecular complexity index is 2210. The Kier molecular flexibility index (Phi) is 38.2. The van der Waals surface area contributed by atoms with Crippen LogP contribution in [0, 0.1) is 29.5 Å². The van der Waals surface area contributed by atoms with Crippen molar-refractivity contribution in [2.45, 2.75) is 201 Å². The van der Waals surface area contributed by atoms with Gasteiger partial charge >= 0.3 is 24.2 Å². The second-order valence-electron chi connectivity index (χ2n) is 21.4. The molecule has 1 aromatic carbocycles. The number of ketones is 2. The highest BCUT2D eigenvalue weighted by Gasteiger charge is 2.39. The maximum absolute atomic E-state index is 14.4. The van der Waals surface area contributed by atoms with Crippen molar-refractivity contribution in [3.05, 3.63) is 51.7 Å². The second kappa shape index (κ2) is 42.5. The Hall–Kier alpha value is -4.32. The molecular weight excluding hydrogens is 1120 g/mol. The summed E-state index contributed by atoms with van der Waals surface area (Å²) in [6, 6.07) is 4.75. The minimum atomic E-state index is -5.08. The number of amides is 3. The zero-order chi connectivity index (χ0) is 62.7. The van der Waals surface area contributed by atoms with Crippen LogP contribution in [0.3, 0.4) is 0 Å². The number of ether oxygens (including phenoxy) is 2. The molecule has 0 radical (unpaired) electrons. The standard InChI is InChI=1S/C54H87FN6O8S3.C3H8.C2HF3O2/c1-9-38(4)44(33-48(63)46-21-17-19-27-60(46)7)53(66)61(8)47(37(2)3)34-50(69-40(6)62)52-59-45(36-70-52)51(65)58-43(32-41-22-24-42(55)25-23-41)31-39(5)49(64)35-57-54(67)68-28-30-72-71-29-20-16-14-12-10-11-13-15-18-26-56;1-3-2;3-2(4,5)1(6)7/h22-25,36-39,43-44,46-47,50H,9-21,26-35,56H2,1-8H3,(H,57,67)(H,58,65);3H2,1-2H3;(H,6,7)/t38-,39-,43+,44?,46?,47+,50+;;/m0../s1/i;3T;. The van der Waals surface area contributed by atoms with Crippen LogP contribution in [-0.4, -0.2) is 137 Å². The number of carbonyl (C=O) groups is 7. The maximum atomic E-state index is 14.4. The van der Waals surface area contributed by atoms with Gasteiger partial charge in [-0.15, -0.1) is 11.3 Å². The first-order chi connectivity index (χ1) is 39.1. The van der Waals surface area contributed by atoms with E-state index in [4.69, 9.17) is 26.5 Å². The number of esters is 1. The Labute approximate surface area is 498 Å². The minimum absolute atomic E-state index is 0.0335. The molecule has 468 valence electrons. The van der Waals surface area contributed by atoms with Gasteiger partial charge in [0.1, 0.15) is 23.1 Å². The number of nitrogens with two attached hydrogens (primary N) is 1. The molecular formula is C59H96F4N6O10S3.